The van der Waals surface area contributed by atoms with Crippen molar-refractivity contribution < 1.29 is 9.53 Å². The van der Waals surface area contributed by atoms with Gasteiger partial charge in [0.05, 0.1) is 7.11 Å². The number of nitrogens with zero attached hydrogens (tertiary/aromatic N) is 3. The van der Waals surface area contributed by atoms with E-state index in [0.29, 0.717) is 17.3 Å². The highest BCUT2D eigenvalue weighted by Crippen LogP contribution is 2.22. The molecule has 2 heterocycles. The minimum atomic E-state index is -0.263. The van der Waals surface area contributed by atoms with Gasteiger partial charge in [0, 0.05) is 25.0 Å². The molecule has 1 N–H and O–H groups in total. The van der Waals surface area contributed by atoms with Crippen LogP contribution in [0.25, 0.3) is 0 Å². The lowest BCUT2D eigenvalue weighted by Gasteiger charge is -2.28. The molecule has 2 aromatic carbocycles. The molecule has 1 aliphatic heterocycles. The van der Waals surface area contributed by atoms with E-state index in [9.17, 15) is 4.79 Å². The van der Waals surface area contributed by atoms with Crippen LogP contribution in [-0.2, 0) is 13.0 Å². The van der Waals surface area contributed by atoms with Gasteiger partial charge in [0.1, 0.15) is 11.4 Å². The van der Waals surface area contributed by atoms with Gasteiger partial charge >= 0.3 is 0 Å². The summed E-state index contributed by atoms with van der Waals surface area (Å²) in [5.74, 6) is 1.05. The number of rotatable bonds is 4. The second-order valence-corrected chi connectivity index (χ2v) is 6.36. The number of benzene rings is 2. The molecular formula is C21H20N4O2. The van der Waals surface area contributed by atoms with Crippen molar-refractivity contribution in [2.75, 3.05) is 23.9 Å². The molecule has 6 heteroatoms. The Morgan fingerprint density at radius 1 is 1.07 bits per heavy atom. The number of anilines is 2. The minimum Gasteiger partial charge on any atom is -0.497 e. The summed E-state index contributed by atoms with van der Waals surface area (Å²) in [6.07, 6.45) is 2.58. The first-order chi connectivity index (χ1) is 13.2. The van der Waals surface area contributed by atoms with E-state index in [0.717, 1.165) is 25.3 Å². The molecule has 136 valence electrons. The maximum absolute atomic E-state index is 12.6. The first-order valence-corrected chi connectivity index (χ1v) is 8.83. The van der Waals surface area contributed by atoms with E-state index >= 15 is 0 Å². The van der Waals surface area contributed by atoms with Gasteiger partial charge in [0.2, 0.25) is 5.95 Å². The molecular weight excluding hydrogens is 340 g/mol. The zero-order valence-corrected chi connectivity index (χ0v) is 15.1. The molecule has 1 amide bonds. The topological polar surface area (TPSA) is 67.3 Å². The third-order valence-corrected chi connectivity index (χ3v) is 4.64. The third-order valence-electron chi connectivity index (χ3n) is 4.64. The fourth-order valence-electron chi connectivity index (χ4n) is 3.16. The van der Waals surface area contributed by atoms with E-state index in [-0.39, 0.29) is 5.91 Å². The number of fused-ring (bicyclic) bond motifs is 1. The van der Waals surface area contributed by atoms with Crippen molar-refractivity contribution in [1.29, 1.82) is 0 Å². The summed E-state index contributed by atoms with van der Waals surface area (Å²) in [5, 5.41) is 2.85. The highest BCUT2D eigenvalue weighted by atomic mass is 16.5. The van der Waals surface area contributed by atoms with Gasteiger partial charge in [0.15, 0.2) is 0 Å². The summed E-state index contributed by atoms with van der Waals surface area (Å²) in [4.78, 5) is 23.5. The molecule has 1 aromatic heterocycles. The van der Waals surface area contributed by atoms with Crippen LogP contribution in [0.2, 0.25) is 0 Å². The molecule has 0 saturated carbocycles. The number of nitrogens with one attached hydrogen (secondary N) is 1. The van der Waals surface area contributed by atoms with E-state index in [4.69, 9.17) is 4.74 Å². The first kappa shape index (κ1) is 17.0. The second-order valence-electron chi connectivity index (χ2n) is 6.36. The van der Waals surface area contributed by atoms with Crippen LogP contribution < -0.4 is 15.0 Å². The molecule has 27 heavy (non-hydrogen) atoms. The summed E-state index contributed by atoms with van der Waals surface area (Å²) in [5.41, 5.74) is 3.67. The Hall–Kier alpha value is -3.41. The minimum absolute atomic E-state index is 0.263. The van der Waals surface area contributed by atoms with Crippen LogP contribution >= 0.6 is 0 Å². The lowest BCUT2D eigenvalue weighted by Crippen LogP contribution is -2.32. The fraction of sp³-hybridized carbons (Fsp3) is 0.190. The molecule has 0 bridgehead atoms. The quantitative estimate of drug-likeness (QED) is 0.773. The zero-order chi connectivity index (χ0) is 18.6. The highest BCUT2D eigenvalue weighted by molar-refractivity contribution is 6.03. The van der Waals surface area contributed by atoms with Crippen LogP contribution in [0.4, 0.5) is 11.6 Å². The smallest absolute Gasteiger partial charge is 0.274 e. The maximum Gasteiger partial charge on any atom is 0.274 e. The first-order valence-electron chi connectivity index (χ1n) is 8.83. The van der Waals surface area contributed by atoms with E-state index in [2.05, 4.69) is 38.4 Å². The Morgan fingerprint density at radius 3 is 2.63 bits per heavy atom. The fourth-order valence-corrected chi connectivity index (χ4v) is 3.16. The van der Waals surface area contributed by atoms with E-state index in [1.54, 1.807) is 43.6 Å². The van der Waals surface area contributed by atoms with E-state index in [1.165, 1.54) is 11.1 Å². The number of carbonyl (C=O) groups is 1. The van der Waals surface area contributed by atoms with E-state index < -0.39 is 0 Å². The molecule has 4 rings (SSSR count). The van der Waals surface area contributed by atoms with Gasteiger partial charge in [-0.25, -0.2) is 9.97 Å². The number of amides is 1. The van der Waals surface area contributed by atoms with Gasteiger partial charge < -0.3 is 15.0 Å². The Balaban J connectivity index is 1.49. The lowest BCUT2D eigenvalue weighted by molar-refractivity contribution is 0.102. The van der Waals surface area contributed by atoms with Gasteiger partial charge in [-0.15, -0.1) is 0 Å². The zero-order valence-electron chi connectivity index (χ0n) is 15.1. The number of ether oxygens (including phenoxy) is 1. The Kier molecular flexibility index (Phi) is 4.70. The second kappa shape index (κ2) is 7.45. The molecule has 0 saturated heterocycles. The average molecular weight is 360 g/mol. The number of hydrogen-bond acceptors (Lipinski definition) is 5. The largest absolute Gasteiger partial charge is 0.497 e. The average Bonchev–Trinajstić information content (AvgIpc) is 2.74. The number of methoxy groups -OCH3 is 1. The summed E-state index contributed by atoms with van der Waals surface area (Å²) in [6.45, 7) is 1.58. The highest BCUT2D eigenvalue weighted by Gasteiger charge is 2.19. The van der Waals surface area contributed by atoms with E-state index in [1.807, 2.05) is 6.07 Å². The summed E-state index contributed by atoms with van der Waals surface area (Å²) < 4.78 is 5.13. The van der Waals surface area contributed by atoms with Gasteiger partial charge in [-0.2, -0.15) is 0 Å². The molecule has 6 nitrogen and oxygen atoms in total. The molecule has 1 aliphatic rings. The predicted octanol–water partition coefficient (Wildman–Crippen LogP) is 3.30. The number of carbonyl (C=O) groups excluding carboxylic acids is 1. The van der Waals surface area contributed by atoms with Gasteiger partial charge in [0.25, 0.3) is 5.91 Å². The predicted molar refractivity (Wildman–Crippen MR) is 104 cm³/mol. The molecule has 0 spiro atoms. The summed E-state index contributed by atoms with van der Waals surface area (Å²) in [7, 11) is 1.61. The summed E-state index contributed by atoms with van der Waals surface area (Å²) >= 11 is 0. The lowest BCUT2D eigenvalue weighted by atomic mass is 10.0. The molecule has 0 atom stereocenters. The van der Waals surface area contributed by atoms with Crippen molar-refractivity contribution >= 4 is 17.5 Å². The van der Waals surface area contributed by atoms with Gasteiger partial charge in [-0.3, -0.25) is 4.79 Å². The maximum atomic E-state index is 12.6. The molecule has 0 radical (unpaired) electrons. The SMILES string of the molecule is COc1ccc(NC(=O)c2ccnc(N3CCc4ccccc4C3)n2)cc1. The standard InChI is InChI=1S/C21H20N4O2/c1-27-18-8-6-17(7-9-18)23-20(26)19-10-12-22-21(24-19)25-13-11-15-4-2-3-5-16(15)14-25/h2-10,12H,11,13-14H2,1H3,(H,23,26). The molecule has 0 fully saturated rings. The van der Waals surface area contributed by atoms with Crippen molar-refractivity contribution in [1.82, 2.24) is 9.97 Å². The van der Waals surface area contributed by atoms with Crippen molar-refractivity contribution in [3.63, 3.8) is 0 Å². The van der Waals surface area contributed by atoms with Crippen LogP contribution in [0.3, 0.4) is 0 Å². The Labute approximate surface area is 157 Å². The molecule has 3 aromatic rings. The number of aromatic nitrogens is 2. The van der Waals surface area contributed by atoms with Crippen molar-refractivity contribution in [3.8, 4) is 5.75 Å². The Bertz CT molecular complexity index is 956. The Morgan fingerprint density at radius 2 is 1.85 bits per heavy atom. The molecule has 0 aliphatic carbocycles. The number of hydrogen-bond donors (Lipinski definition) is 1. The van der Waals surface area contributed by atoms with Crippen LogP contribution in [0, 0.1) is 0 Å². The van der Waals surface area contributed by atoms with Crippen LogP contribution in [0.5, 0.6) is 5.75 Å². The van der Waals surface area contributed by atoms with Gasteiger partial charge in [-0.05, 0) is 47.9 Å². The van der Waals surface area contributed by atoms with Crippen LogP contribution in [0.1, 0.15) is 21.6 Å². The normalized spacial score (nSPS) is 13.0. The van der Waals surface area contributed by atoms with Crippen LogP contribution in [-0.4, -0.2) is 29.5 Å². The van der Waals surface area contributed by atoms with Gasteiger partial charge in [-0.1, -0.05) is 24.3 Å². The van der Waals surface area contributed by atoms with Crippen LogP contribution in [0.15, 0.2) is 60.8 Å². The molecule has 0 unspecified atom stereocenters. The van der Waals surface area contributed by atoms with Crippen molar-refractivity contribution in [2.24, 2.45) is 0 Å². The monoisotopic (exact) mass is 360 g/mol. The van der Waals surface area contributed by atoms with Crippen molar-refractivity contribution in [3.05, 3.63) is 77.6 Å². The van der Waals surface area contributed by atoms with Crippen molar-refractivity contribution in [2.45, 2.75) is 13.0 Å². The third kappa shape index (κ3) is 3.74. The summed E-state index contributed by atoms with van der Waals surface area (Å²) in [6, 6.07) is 17.2.